The number of hydrogen-bond donors (Lipinski definition) is 3. The molecule has 1 rings (SSSR count). The maximum atomic E-state index is 12.9. The highest BCUT2D eigenvalue weighted by molar-refractivity contribution is 6.35. The van der Waals surface area contributed by atoms with E-state index < -0.39 is 24.7 Å². The Bertz CT molecular complexity index is 533. The highest BCUT2D eigenvalue weighted by atomic mass is 35.5. The molecule has 6 heteroatoms. The summed E-state index contributed by atoms with van der Waals surface area (Å²) in [5, 5.41) is 2.79. The van der Waals surface area contributed by atoms with Crippen molar-refractivity contribution in [2.75, 3.05) is 13.2 Å². The van der Waals surface area contributed by atoms with Crippen LogP contribution in [-0.4, -0.2) is 31.2 Å². The van der Waals surface area contributed by atoms with Gasteiger partial charge in [-0.25, -0.2) is 4.39 Å². The van der Waals surface area contributed by atoms with Crippen LogP contribution in [0.15, 0.2) is 53.6 Å². The Morgan fingerprint density at radius 3 is 2.55 bits per heavy atom. The fraction of sp³-hybridized carbons (Fsp3) is 0.312. The Morgan fingerprint density at radius 2 is 2.05 bits per heavy atom. The number of nitrogens with one attached hydrogen (secondary N) is 1. The maximum absolute atomic E-state index is 12.9. The van der Waals surface area contributed by atoms with Crippen LogP contribution >= 0.6 is 11.6 Å². The second-order valence-corrected chi connectivity index (χ2v) is 5.30. The number of halogens is 2. The lowest BCUT2D eigenvalue weighted by atomic mass is 10.00. The summed E-state index contributed by atoms with van der Waals surface area (Å²) < 4.78 is 12.9. The molecule has 4 nitrogen and oxygen atoms in total. The summed E-state index contributed by atoms with van der Waals surface area (Å²) in [6.45, 7) is 2.93. The molecule has 1 aromatic carbocycles. The second-order valence-electron chi connectivity index (χ2n) is 4.85. The van der Waals surface area contributed by atoms with Crippen molar-refractivity contribution >= 4 is 17.5 Å². The Hall–Kier alpha value is -1.69. The number of benzene rings is 1. The van der Waals surface area contributed by atoms with E-state index in [0.717, 1.165) is 5.56 Å². The second kappa shape index (κ2) is 9.35. The number of amides is 1. The minimum Gasteiger partial charge on any atom is -0.347 e. The van der Waals surface area contributed by atoms with Crippen molar-refractivity contribution in [3.63, 3.8) is 0 Å². The fourth-order valence-electron chi connectivity index (χ4n) is 1.98. The molecule has 1 amide bonds. The molecule has 0 aliphatic carbocycles. The van der Waals surface area contributed by atoms with E-state index in [1.165, 1.54) is 6.08 Å². The van der Waals surface area contributed by atoms with Crippen molar-refractivity contribution in [2.24, 2.45) is 11.5 Å². The Labute approximate surface area is 135 Å². The summed E-state index contributed by atoms with van der Waals surface area (Å²) in [5.41, 5.74) is 12.3. The van der Waals surface area contributed by atoms with Crippen molar-refractivity contribution < 1.29 is 9.18 Å². The van der Waals surface area contributed by atoms with Gasteiger partial charge in [-0.3, -0.25) is 4.79 Å². The van der Waals surface area contributed by atoms with E-state index in [0.29, 0.717) is 6.42 Å². The van der Waals surface area contributed by atoms with Gasteiger partial charge in [-0.15, -0.1) is 0 Å². The van der Waals surface area contributed by atoms with Gasteiger partial charge in [0.2, 0.25) is 0 Å². The van der Waals surface area contributed by atoms with Crippen LogP contribution in [0.4, 0.5) is 4.39 Å². The summed E-state index contributed by atoms with van der Waals surface area (Å²) in [6.07, 6.45) is 1.88. The van der Waals surface area contributed by atoms with Crippen LogP contribution in [0.3, 0.4) is 0 Å². The molecule has 0 radical (unpaired) electrons. The van der Waals surface area contributed by atoms with E-state index in [4.69, 9.17) is 23.1 Å². The molecule has 22 heavy (non-hydrogen) atoms. The molecule has 0 unspecified atom stereocenters. The summed E-state index contributed by atoms with van der Waals surface area (Å²) in [7, 11) is 0. The molecule has 0 saturated carbocycles. The summed E-state index contributed by atoms with van der Waals surface area (Å²) in [4.78, 5) is 12.2. The largest absolute Gasteiger partial charge is 0.347 e. The van der Waals surface area contributed by atoms with Crippen LogP contribution in [0.25, 0.3) is 0 Å². The van der Waals surface area contributed by atoms with Crippen LogP contribution in [0, 0.1) is 0 Å². The summed E-state index contributed by atoms with van der Waals surface area (Å²) >= 11 is 5.79. The molecule has 0 saturated heterocycles. The molecule has 0 bridgehead atoms. The van der Waals surface area contributed by atoms with E-state index in [-0.39, 0.29) is 17.2 Å². The van der Waals surface area contributed by atoms with E-state index >= 15 is 0 Å². The molecule has 120 valence electrons. The predicted octanol–water partition coefficient (Wildman–Crippen LogP) is 1.65. The first kappa shape index (κ1) is 18.4. The number of carbonyl (C=O) groups excluding carboxylic acids is 1. The molecular formula is C16H21ClFN3O. The fourth-order valence-corrected chi connectivity index (χ4v) is 2.14. The first-order valence-corrected chi connectivity index (χ1v) is 7.28. The van der Waals surface area contributed by atoms with E-state index in [1.54, 1.807) is 0 Å². The maximum Gasteiger partial charge on any atom is 0.252 e. The monoisotopic (exact) mass is 325 g/mol. The van der Waals surface area contributed by atoms with Gasteiger partial charge in [0, 0.05) is 11.6 Å². The minimum absolute atomic E-state index is 0.0789. The molecule has 1 aromatic rings. The topological polar surface area (TPSA) is 81.1 Å². The van der Waals surface area contributed by atoms with Crippen LogP contribution in [0.5, 0.6) is 0 Å². The predicted molar refractivity (Wildman–Crippen MR) is 88.2 cm³/mol. The van der Waals surface area contributed by atoms with Gasteiger partial charge < -0.3 is 16.8 Å². The third-order valence-corrected chi connectivity index (χ3v) is 3.37. The van der Waals surface area contributed by atoms with Gasteiger partial charge in [-0.05, 0) is 12.0 Å². The highest BCUT2D eigenvalue weighted by Crippen LogP contribution is 2.13. The Morgan fingerprint density at radius 1 is 1.41 bits per heavy atom. The molecule has 5 N–H and O–H groups in total. The lowest BCUT2D eigenvalue weighted by Crippen LogP contribution is -2.50. The molecule has 0 aromatic heterocycles. The number of nitrogens with two attached hydrogens (primary N) is 2. The smallest absolute Gasteiger partial charge is 0.252 e. The van der Waals surface area contributed by atoms with Crippen molar-refractivity contribution in [1.29, 1.82) is 0 Å². The first-order valence-electron chi connectivity index (χ1n) is 6.91. The van der Waals surface area contributed by atoms with Crippen molar-refractivity contribution in [2.45, 2.75) is 18.5 Å². The van der Waals surface area contributed by atoms with E-state index in [2.05, 4.69) is 11.9 Å². The zero-order chi connectivity index (χ0) is 16.5. The molecule has 0 aliphatic rings. The standard InChI is InChI=1S/C16H21ClFN3O/c1-11(17)13(7-8-19)16(22)21-15(14(20)10-18)9-12-5-3-2-4-6-12/h2-7,14-15H,1,8-10,19-20H2,(H,21,22)/b13-7+/t14-,15-/m0/s1. The van der Waals surface area contributed by atoms with E-state index in [9.17, 15) is 9.18 Å². The molecule has 0 spiro atoms. The number of carbonyl (C=O) groups is 1. The Kier molecular flexibility index (Phi) is 7.80. The number of hydrogen-bond acceptors (Lipinski definition) is 3. The zero-order valence-corrected chi connectivity index (χ0v) is 13.0. The SMILES string of the molecule is C=C(Cl)/C(=C\CN)C(=O)N[C@@H](Cc1ccccc1)[C@@H](N)CF. The quantitative estimate of drug-likeness (QED) is 0.502. The molecule has 0 aliphatic heterocycles. The van der Waals surface area contributed by atoms with Crippen molar-refractivity contribution in [1.82, 2.24) is 5.32 Å². The van der Waals surface area contributed by atoms with Gasteiger partial charge in [-0.1, -0.05) is 54.6 Å². The zero-order valence-electron chi connectivity index (χ0n) is 12.3. The molecular weight excluding hydrogens is 305 g/mol. The third-order valence-electron chi connectivity index (χ3n) is 3.17. The van der Waals surface area contributed by atoms with Crippen molar-refractivity contribution in [3.8, 4) is 0 Å². The molecule has 2 atom stereocenters. The first-order chi connectivity index (χ1) is 10.5. The van der Waals surface area contributed by atoms with Crippen LogP contribution in [0.1, 0.15) is 5.56 Å². The number of alkyl halides is 1. The number of rotatable bonds is 8. The van der Waals surface area contributed by atoms with Crippen LogP contribution in [-0.2, 0) is 11.2 Å². The van der Waals surface area contributed by atoms with Gasteiger partial charge in [0.05, 0.1) is 17.7 Å². The average molecular weight is 326 g/mol. The summed E-state index contributed by atoms with van der Waals surface area (Å²) in [6, 6.07) is 8.03. The Balaban J connectivity index is 2.87. The van der Waals surface area contributed by atoms with E-state index in [1.807, 2.05) is 30.3 Å². The third kappa shape index (κ3) is 5.60. The summed E-state index contributed by atoms with van der Waals surface area (Å²) in [5.74, 6) is -0.463. The lowest BCUT2D eigenvalue weighted by molar-refractivity contribution is -0.118. The van der Waals surface area contributed by atoms with Crippen LogP contribution < -0.4 is 16.8 Å². The normalized spacial score (nSPS) is 14.3. The van der Waals surface area contributed by atoms with Crippen molar-refractivity contribution in [3.05, 3.63) is 59.2 Å². The van der Waals surface area contributed by atoms with Crippen LogP contribution in [0.2, 0.25) is 0 Å². The van der Waals surface area contributed by atoms with Gasteiger partial charge in [0.25, 0.3) is 5.91 Å². The van der Waals surface area contributed by atoms with Gasteiger partial charge in [0.15, 0.2) is 0 Å². The minimum atomic E-state index is -0.813. The lowest BCUT2D eigenvalue weighted by Gasteiger charge is -2.24. The van der Waals surface area contributed by atoms with Gasteiger partial charge in [0.1, 0.15) is 6.67 Å². The highest BCUT2D eigenvalue weighted by Gasteiger charge is 2.22. The average Bonchev–Trinajstić information content (AvgIpc) is 2.51. The van der Waals surface area contributed by atoms with Gasteiger partial charge in [-0.2, -0.15) is 0 Å². The molecule has 0 fully saturated rings. The van der Waals surface area contributed by atoms with Gasteiger partial charge >= 0.3 is 0 Å². The molecule has 0 heterocycles.